The molecule has 0 fully saturated rings. The lowest BCUT2D eigenvalue weighted by molar-refractivity contribution is -0.149. The first kappa shape index (κ1) is 14.8. The van der Waals surface area contributed by atoms with Gasteiger partial charge in [-0.3, -0.25) is 9.69 Å². The number of rotatable bonds is 8. The summed E-state index contributed by atoms with van der Waals surface area (Å²) in [6, 6.07) is 3.77. The van der Waals surface area contributed by atoms with Crippen molar-refractivity contribution in [3.63, 3.8) is 0 Å². The SMILES string of the molecule is CCCC(C)(CN(CC)Cc1ccco1)C(=O)O. The van der Waals surface area contributed by atoms with Crippen LogP contribution in [0.2, 0.25) is 0 Å². The summed E-state index contributed by atoms with van der Waals surface area (Å²) in [5, 5.41) is 9.38. The molecular weight excluding hydrogens is 230 g/mol. The van der Waals surface area contributed by atoms with Crippen LogP contribution in [0.3, 0.4) is 0 Å². The summed E-state index contributed by atoms with van der Waals surface area (Å²) in [4.78, 5) is 13.5. The maximum absolute atomic E-state index is 11.4. The van der Waals surface area contributed by atoms with Gasteiger partial charge in [-0.15, -0.1) is 0 Å². The topological polar surface area (TPSA) is 53.7 Å². The molecular formula is C14H23NO3. The minimum atomic E-state index is -0.720. The quantitative estimate of drug-likeness (QED) is 0.773. The van der Waals surface area contributed by atoms with Gasteiger partial charge in [-0.2, -0.15) is 0 Å². The Labute approximate surface area is 109 Å². The maximum atomic E-state index is 11.4. The number of aliphatic carboxylic acids is 1. The van der Waals surface area contributed by atoms with Gasteiger partial charge in [-0.05, 0) is 32.0 Å². The highest BCUT2D eigenvalue weighted by Crippen LogP contribution is 2.25. The van der Waals surface area contributed by atoms with Crippen LogP contribution in [0.25, 0.3) is 0 Å². The molecule has 1 aromatic rings. The molecule has 1 aromatic heterocycles. The number of carbonyl (C=O) groups is 1. The maximum Gasteiger partial charge on any atom is 0.310 e. The van der Waals surface area contributed by atoms with E-state index in [4.69, 9.17) is 4.42 Å². The zero-order valence-electron chi connectivity index (χ0n) is 11.5. The van der Waals surface area contributed by atoms with Crippen LogP contribution in [-0.4, -0.2) is 29.1 Å². The molecule has 1 atom stereocenters. The molecule has 0 saturated carbocycles. The lowest BCUT2D eigenvalue weighted by Crippen LogP contribution is -2.40. The molecule has 0 aromatic carbocycles. The summed E-state index contributed by atoms with van der Waals surface area (Å²) in [6.07, 6.45) is 3.21. The van der Waals surface area contributed by atoms with E-state index in [0.29, 0.717) is 19.5 Å². The van der Waals surface area contributed by atoms with E-state index >= 15 is 0 Å². The van der Waals surface area contributed by atoms with Gasteiger partial charge in [0, 0.05) is 6.54 Å². The van der Waals surface area contributed by atoms with Crippen molar-refractivity contribution in [2.75, 3.05) is 13.1 Å². The Morgan fingerprint density at radius 3 is 2.67 bits per heavy atom. The van der Waals surface area contributed by atoms with Crippen molar-refractivity contribution >= 4 is 5.97 Å². The fraction of sp³-hybridized carbons (Fsp3) is 0.643. The second-order valence-electron chi connectivity index (χ2n) is 5.00. The van der Waals surface area contributed by atoms with Crippen molar-refractivity contribution in [3.05, 3.63) is 24.2 Å². The van der Waals surface area contributed by atoms with E-state index in [1.165, 1.54) is 0 Å². The van der Waals surface area contributed by atoms with Crippen LogP contribution < -0.4 is 0 Å². The van der Waals surface area contributed by atoms with Gasteiger partial charge in [0.1, 0.15) is 5.76 Å². The van der Waals surface area contributed by atoms with E-state index in [1.54, 1.807) is 6.26 Å². The van der Waals surface area contributed by atoms with Crippen LogP contribution in [0.4, 0.5) is 0 Å². The number of carboxylic acids is 1. The molecule has 0 radical (unpaired) electrons. The predicted octanol–water partition coefficient (Wildman–Crippen LogP) is 2.99. The lowest BCUT2D eigenvalue weighted by Gasteiger charge is -2.31. The summed E-state index contributed by atoms with van der Waals surface area (Å²) in [5.41, 5.74) is -0.683. The van der Waals surface area contributed by atoms with Gasteiger partial charge in [0.2, 0.25) is 0 Å². The van der Waals surface area contributed by atoms with Gasteiger partial charge in [-0.1, -0.05) is 20.3 Å². The Hall–Kier alpha value is -1.29. The van der Waals surface area contributed by atoms with Gasteiger partial charge in [0.25, 0.3) is 0 Å². The van der Waals surface area contributed by atoms with Crippen molar-refractivity contribution < 1.29 is 14.3 Å². The van der Waals surface area contributed by atoms with Gasteiger partial charge in [0.15, 0.2) is 0 Å². The fourth-order valence-corrected chi connectivity index (χ4v) is 2.20. The Kier molecular flexibility index (Phi) is 5.41. The molecule has 0 aliphatic heterocycles. The fourth-order valence-electron chi connectivity index (χ4n) is 2.20. The van der Waals surface area contributed by atoms with E-state index in [-0.39, 0.29) is 0 Å². The van der Waals surface area contributed by atoms with Crippen LogP contribution in [0.1, 0.15) is 39.4 Å². The van der Waals surface area contributed by atoms with E-state index in [2.05, 4.69) is 4.90 Å². The van der Waals surface area contributed by atoms with E-state index < -0.39 is 11.4 Å². The summed E-state index contributed by atoms with van der Waals surface area (Å²) in [7, 11) is 0. The number of nitrogens with zero attached hydrogens (tertiary/aromatic N) is 1. The van der Waals surface area contributed by atoms with Crippen molar-refractivity contribution in [1.29, 1.82) is 0 Å². The average Bonchev–Trinajstić information content (AvgIpc) is 2.81. The molecule has 1 heterocycles. The number of carboxylic acid groups (broad SMARTS) is 1. The Morgan fingerprint density at radius 1 is 1.50 bits per heavy atom. The Morgan fingerprint density at radius 2 is 2.22 bits per heavy atom. The first-order chi connectivity index (χ1) is 8.51. The average molecular weight is 253 g/mol. The summed E-state index contributed by atoms with van der Waals surface area (Å²) in [5.74, 6) is 0.156. The molecule has 4 nitrogen and oxygen atoms in total. The molecule has 1 N–H and O–H groups in total. The molecule has 1 rings (SSSR count). The predicted molar refractivity (Wildman–Crippen MR) is 70.3 cm³/mol. The monoisotopic (exact) mass is 253 g/mol. The number of hydrogen-bond acceptors (Lipinski definition) is 3. The second kappa shape index (κ2) is 6.59. The molecule has 0 bridgehead atoms. The molecule has 1 unspecified atom stereocenters. The third-order valence-electron chi connectivity index (χ3n) is 3.30. The minimum absolute atomic E-state index is 0.549. The van der Waals surface area contributed by atoms with Crippen LogP contribution in [0.15, 0.2) is 22.8 Å². The standard InChI is InChI=1S/C14H23NO3/c1-4-8-14(3,13(16)17)11-15(5-2)10-12-7-6-9-18-12/h6-7,9H,4-5,8,10-11H2,1-3H3,(H,16,17). The van der Waals surface area contributed by atoms with E-state index in [9.17, 15) is 9.90 Å². The Bertz CT molecular complexity index is 361. The smallest absolute Gasteiger partial charge is 0.310 e. The van der Waals surface area contributed by atoms with E-state index in [0.717, 1.165) is 18.7 Å². The van der Waals surface area contributed by atoms with Crippen LogP contribution >= 0.6 is 0 Å². The van der Waals surface area contributed by atoms with Crippen molar-refractivity contribution in [2.45, 2.75) is 40.2 Å². The van der Waals surface area contributed by atoms with Gasteiger partial charge in [0.05, 0.1) is 18.2 Å². The van der Waals surface area contributed by atoms with Crippen molar-refractivity contribution in [2.24, 2.45) is 5.41 Å². The number of hydrogen-bond donors (Lipinski definition) is 1. The lowest BCUT2D eigenvalue weighted by atomic mass is 9.85. The van der Waals surface area contributed by atoms with E-state index in [1.807, 2.05) is 32.9 Å². The van der Waals surface area contributed by atoms with Gasteiger partial charge in [-0.25, -0.2) is 0 Å². The van der Waals surface area contributed by atoms with Crippen LogP contribution in [0, 0.1) is 5.41 Å². The third kappa shape index (κ3) is 3.88. The normalized spacial score (nSPS) is 14.7. The van der Waals surface area contributed by atoms with Gasteiger partial charge < -0.3 is 9.52 Å². The first-order valence-electron chi connectivity index (χ1n) is 6.50. The highest BCUT2D eigenvalue weighted by atomic mass is 16.4. The molecule has 18 heavy (non-hydrogen) atoms. The molecule has 0 saturated heterocycles. The Balaban J connectivity index is 2.68. The molecule has 102 valence electrons. The molecule has 4 heteroatoms. The highest BCUT2D eigenvalue weighted by molar-refractivity contribution is 5.74. The van der Waals surface area contributed by atoms with Crippen LogP contribution in [-0.2, 0) is 11.3 Å². The number of furan rings is 1. The summed E-state index contributed by atoms with van der Waals surface area (Å²) >= 11 is 0. The third-order valence-corrected chi connectivity index (χ3v) is 3.30. The molecule has 0 amide bonds. The minimum Gasteiger partial charge on any atom is -0.481 e. The second-order valence-corrected chi connectivity index (χ2v) is 5.00. The largest absolute Gasteiger partial charge is 0.481 e. The van der Waals surface area contributed by atoms with Crippen molar-refractivity contribution in [1.82, 2.24) is 4.90 Å². The summed E-state index contributed by atoms with van der Waals surface area (Å²) < 4.78 is 5.31. The van der Waals surface area contributed by atoms with Gasteiger partial charge >= 0.3 is 5.97 Å². The zero-order chi connectivity index (χ0) is 13.6. The highest BCUT2D eigenvalue weighted by Gasteiger charge is 2.34. The zero-order valence-corrected chi connectivity index (χ0v) is 11.5. The van der Waals surface area contributed by atoms with Crippen molar-refractivity contribution in [3.8, 4) is 0 Å². The van der Waals surface area contributed by atoms with Crippen LogP contribution in [0.5, 0.6) is 0 Å². The first-order valence-corrected chi connectivity index (χ1v) is 6.50. The summed E-state index contributed by atoms with van der Waals surface area (Å²) in [6.45, 7) is 7.90. The molecule has 0 aliphatic carbocycles. The molecule has 0 spiro atoms. The molecule has 0 aliphatic rings.